The number of nitrogens with two attached hydrogens (primary N) is 1. The van der Waals surface area contributed by atoms with Gasteiger partial charge in [-0.15, -0.1) is 0 Å². The van der Waals surface area contributed by atoms with Crippen molar-refractivity contribution in [2.75, 3.05) is 5.73 Å². The average molecular weight is 249 g/mol. The van der Waals surface area contributed by atoms with E-state index in [2.05, 4.69) is 16.0 Å². The van der Waals surface area contributed by atoms with Gasteiger partial charge in [0.1, 0.15) is 5.65 Å². The average Bonchev–Trinajstić information content (AvgIpc) is 2.79. The predicted octanol–water partition coefficient (Wildman–Crippen LogP) is 2.04. The lowest BCUT2D eigenvalue weighted by Gasteiger charge is -2.01. The lowest BCUT2D eigenvalue weighted by Crippen LogP contribution is -1.95. The van der Waals surface area contributed by atoms with Gasteiger partial charge in [-0.1, -0.05) is 0 Å². The zero-order valence-electron chi connectivity index (χ0n) is 10.1. The zero-order valence-corrected chi connectivity index (χ0v) is 10.1. The first kappa shape index (κ1) is 11.2. The lowest BCUT2D eigenvalue weighted by atomic mass is 10.1. The molecule has 5 heteroatoms. The quantitative estimate of drug-likeness (QED) is 0.753. The Balaban J connectivity index is 2.30. The van der Waals surface area contributed by atoms with Crippen LogP contribution in [0.1, 0.15) is 5.69 Å². The van der Waals surface area contributed by atoms with Crippen LogP contribution in [0.5, 0.6) is 0 Å². The van der Waals surface area contributed by atoms with E-state index in [9.17, 15) is 0 Å². The minimum absolute atomic E-state index is 0.280. The Labute approximate surface area is 110 Å². The van der Waals surface area contributed by atoms with Crippen molar-refractivity contribution in [1.29, 1.82) is 5.26 Å². The number of rotatable bonds is 2. The van der Waals surface area contributed by atoms with E-state index in [1.165, 1.54) is 0 Å². The van der Waals surface area contributed by atoms with Crippen LogP contribution in [-0.4, -0.2) is 14.4 Å². The molecule has 0 amide bonds. The Morgan fingerprint density at radius 3 is 2.74 bits per heavy atom. The molecule has 3 heterocycles. The number of nitriles is 1. The molecule has 19 heavy (non-hydrogen) atoms. The Hall–Kier alpha value is -2.87. The van der Waals surface area contributed by atoms with Crippen LogP contribution in [0.25, 0.3) is 16.9 Å². The maximum absolute atomic E-state index is 9.00. The van der Waals surface area contributed by atoms with E-state index in [1.807, 2.05) is 22.6 Å². The first-order valence-corrected chi connectivity index (χ1v) is 5.83. The normalized spacial score (nSPS) is 10.5. The van der Waals surface area contributed by atoms with Crippen molar-refractivity contribution in [1.82, 2.24) is 14.4 Å². The highest BCUT2D eigenvalue weighted by Gasteiger charge is 2.13. The van der Waals surface area contributed by atoms with Crippen LogP contribution in [0, 0.1) is 11.3 Å². The Kier molecular flexibility index (Phi) is 2.62. The summed E-state index contributed by atoms with van der Waals surface area (Å²) in [5, 5.41) is 9.00. The van der Waals surface area contributed by atoms with Crippen molar-refractivity contribution in [3.63, 3.8) is 0 Å². The van der Waals surface area contributed by atoms with Gasteiger partial charge in [0.2, 0.25) is 0 Å². The van der Waals surface area contributed by atoms with Crippen LogP contribution in [0.2, 0.25) is 0 Å². The molecule has 3 aromatic heterocycles. The monoisotopic (exact) mass is 249 g/mol. The number of hydrogen-bond donors (Lipinski definition) is 1. The SMILES string of the molecule is N#CCc1c(-c2ccncc2)nc2ccc(N)cn12. The fourth-order valence-electron chi connectivity index (χ4n) is 2.09. The molecule has 0 saturated heterocycles. The number of imidazole rings is 1. The Morgan fingerprint density at radius 1 is 1.21 bits per heavy atom. The molecule has 92 valence electrons. The van der Waals surface area contributed by atoms with Gasteiger partial charge in [0.05, 0.1) is 23.9 Å². The van der Waals surface area contributed by atoms with Gasteiger partial charge in [-0.05, 0) is 24.3 Å². The maximum atomic E-state index is 9.00. The molecule has 0 saturated carbocycles. The molecular formula is C14H11N5. The van der Waals surface area contributed by atoms with Crippen LogP contribution in [0.4, 0.5) is 5.69 Å². The first-order chi connectivity index (χ1) is 9.29. The van der Waals surface area contributed by atoms with Crippen molar-refractivity contribution < 1.29 is 0 Å². The van der Waals surface area contributed by atoms with E-state index in [1.54, 1.807) is 24.7 Å². The summed E-state index contributed by atoms with van der Waals surface area (Å²) in [5.74, 6) is 0. The van der Waals surface area contributed by atoms with Gasteiger partial charge in [0.25, 0.3) is 0 Å². The van der Waals surface area contributed by atoms with Gasteiger partial charge in [-0.3, -0.25) is 4.98 Å². The minimum Gasteiger partial charge on any atom is -0.398 e. The molecule has 0 aliphatic carbocycles. The van der Waals surface area contributed by atoms with E-state index >= 15 is 0 Å². The van der Waals surface area contributed by atoms with Crippen LogP contribution in [0.3, 0.4) is 0 Å². The fraction of sp³-hybridized carbons (Fsp3) is 0.0714. The summed E-state index contributed by atoms with van der Waals surface area (Å²) < 4.78 is 1.87. The van der Waals surface area contributed by atoms with Crippen molar-refractivity contribution >= 4 is 11.3 Å². The van der Waals surface area contributed by atoms with E-state index < -0.39 is 0 Å². The second-order valence-corrected chi connectivity index (χ2v) is 4.17. The molecule has 0 unspecified atom stereocenters. The first-order valence-electron chi connectivity index (χ1n) is 5.83. The highest BCUT2D eigenvalue weighted by atomic mass is 15.0. The van der Waals surface area contributed by atoms with Crippen LogP contribution in [0.15, 0.2) is 42.9 Å². The van der Waals surface area contributed by atoms with Crippen LogP contribution >= 0.6 is 0 Å². The van der Waals surface area contributed by atoms with Crippen LogP contribution < -0.4 is 5.73 Å². The third-order valence-electron chi connectivity index (χ3n) is 2.94. The number of nitrogens with zero attached hydrogens (tertiary/aromatic N) is 4. The molecule has 0 aliphatic heterocycles. The summed E-state index contributed by atoms with van der Waals surface area (Å²) in [5.41, 5.74) is 9.81. The molecule has 0 aliphatic rings. The van der Waals surface area contributed by atoms with Crippen molar-refractivity contribution in [2.24, 2.45) is 0 Å². The molecule has 3 rings (SSSR count). The smallest absolute Gasteiger partial charge is 0.137 e. The molecule has 0 bridgehead atoms. The highest BCUT2D eigenvalue weighted by Crippen LogP contribution is 2.25. The van der Waals surface area contributed by atoms with Crippen molar-refractivity contribution in [3.05, 3.63) is 48.5 Å². The van der Waals surface area contributed by atoms with E-state index in [0.717, 1.165) is 22.6 Å². The number of nitrogen functional groups attached to an aromatic ring is 1. The summed E-state index contributed by atoms with van der Waals surface area (Å²) in [4.78, 5) is 8.57. The molecule has 0 radical (unpaired) electrons. The second kappa shape index (κ2) is 4.42. The third-order valence-corrected chi connectivity index (χ3v) is 2.94. The largest absolute Gasteiger partial charge is 0.398 e. The van der Waals surface area contributed by atoms with Crippen molar-refractivity contribution in [3.8, 4) is 17.3 Å². The Bertz CT molecular complexity index is 768. The number of fused-ring (bicyclic) bond motifs is 1. The van der Waals surface area contributed by atoms with Gasteiger partial charge >= 0.3 is 0 Å². The molecule has 0 fully saturated rings. The molecule has 0 atom stereocenters. The lowest BCUT2D eigenvalue weighted by molar-refractivity contribution is 1.06. The standard InChI is InChI=1S/C14H11N5/c15-6-3-12-14(10-4-7-17-8-5-10)18-13-2-1-11(16)9-19(12)13/h1-2,4-5,7-9H,3,16H2. The number of aromatic nitrogens is 3. The molecule has 3 aromatic rings. The highest BCUT2D eigenvalue weighted by molar-refractivity contribution is 5.67. The molecule has 2 N–H and O–H groups in total. The fourth-order valence-corrected chi connectivity index (χ4v) is 2.09. The zero-order chi connectivity index (χ0) is 13.2. The maximum Gasteiger partial charge on any atom is 0.137 e. The summed E-state index contributed by atoms with van der Waals surface area (Å²) in [7, 11) is 0. The second-order valence-electron chi connectivity index (χ2n) is 4.17. The summed E-state index contributed by atoms with van der Waals surface area (Å²) in [6.07, 6.45) is 5.50. The number of hydrogen-bond acceptors (Lipinski definition) is 4. The number of anilines is 1. The van der Waals surface area contributed by atoms with E-state index in [4.69, 9.17) is 11.0 Å². The number of pyridine rings is 2. The van der Waals surface area contributed by atoms with E-state index in [-0.39, 0.29) is 6.42 Å². The van der Waals surface area contributed by atoms with Gasteiger partial charge < -0.3 is 10.1 Å². The van der Waals surface area contributed by atoms with Gasteiger partial charge in [0.15, 0.2) is 0 Å². The van der Waals surface area contributed by atoms with Crippen molar-refractivity contribution in [2.45, 2.75) is 6.42 Å². The third kappa shape index (κ3) is 1.89. The minimum atomic E-state index is 0.280. The van der Waals surface area contributed by atoms with Gasteiger partial charge in [-0.2, -0.15) is 5.26 Å². The van der Waals surface area contributed by atoms with Gasteiger partial charge in [0, 0.05) is 29.8 Å². The van der Waals surface area contributed by atoms with Crippen LogP contribution in [-0.2, 0) is 6.42 Å². The molecule has 5 nitrogen and oxygen atoms in total. The van der Waals surface area contributed by atoms with Gasteiger partial charge in [-0.25, -0.2) is 4.98 Å². The summed E-state index contributed by atoms with van der Waals surface area (Å²) in [6.45, 7) is 0. The molecule has 0 aromatic carbocycles. The summed E-state index contributed by atoms with van der Waals surface area (Å²) in [6, 6.07) is 9.59. The molecular weight excluding hydrogens is 238 g/mol. The topological polar surface area (TPSA) is 80.0 Å². The van der Waals surface area contributed by atoms with E-state index in [0.29, 0.717) is 5.69 Å². The predicted molar refractivity (Wildman–Crippen MR) is 72.2 cm³/mol. The summed E-state index contributed by atoms with van der Waals surface area (Å²) >= 11 is 0. The molecule has 0 spiro atoms. The Morgan fingerprint density at radius 2 is 2.00 bits per heavy atom.